The molecule has 1 amide bonds. The lowest BCUT2D eigenvalue weighted by Gasteiger charge is -2.33. The van der Waals surface area contributed by atoms with Gasteiger partial charge in [-0.25, -0.2) is 4.98 Å². The SMILES string of the molecule is O=C(CN1CCCC[C@@H]1c1nc2ccccc2s1)NCCc1cccs1. The second-order valence-corrected chi connectivity index (χ2v) is 8.78. The van der Waals surface area contributed by atoms with Gasteiger partial charge in [-0.15, -0.1) is 22.7 Å². The van der Waals surface area contributed by atoms with Crippen LogP contribution in [-0.4, -0.2) is 35.4 Å². The van der Waals surface area contributed by atoms with Crippen molar-refractivity contribution in [1.29, 1.82) is 0 Å². The maximum Gasteiger partial charge on any atom is 0.234 e. The fourth-order valence-corrected chi connectivity index (χ4v) is 5.36. The summed E-state index contributed by atoms with van der Waals surface area (Å²) in [5.74, 6) is 0.120. The number of carbonyl (C=O) groups excluding carboxylic acids is 1. The second kappa shape index (κ2) is 8.29. The summed E-state index contributed by atoms with van der Waals surface area (Å²) in [5, 5.41) is 6.30. The lowest BCUT2D eigenvalue weighted by atomic mass is 10.0. The number of hydrogen-bond donors (Lipinski definition) is 1. The van der Waals surface area contributed by atoms with Crippen LogP contribution in [-0.2, 0) is 11.2 Å². The zero-order valence-electron chi connectivity index (χ0n) is 14.7. The molecule has 1 aliphatic heterocycles. The smallest absolute Gasteiger partial charge is 0.234 e. The van der Waals surface area contributed by atoms with E-state index >= 15 is 0 Å². The zero-order valence-corrected chi connectivity index (χ0v) is 16.3. The highest BCUT2D eigenvalue weighted by Gasteiger charge is 2.28. The Bertz CT molecular complexity index is 826. The Labute approximate surface area is 161 Å². The molecule has 1 aromatic carbocycles. The van der Waals surface area contributed by atoms with Crippen LogP contribution < -0.4 is 5.32 Å². The van der Waals surface area contributed by atoms with Crippen molar-refractivity contribution in [3.05, 3.63) is 51.7 Å². The molecule has 4 nitrogen and oxygen atoms in total. The van der Waals surface area contributed by atoms with E-state index in [4.69, 9.17) is 4.98 Å². The molecule has 0 radical (unpaired) electrons. The third-order valence-corrected chi connectivity index (χ3v) is 6.90. The number of nitrogens with zero attached hydrogens (tertiary/aromatic N) is 2. The topological polar surface area (TPSA) is 45.2 Å². The molecule has 0 aliphatic carbocycles. The molecule has 136 valence electrons. The van der Waals surface area contributed by atoms with E-state index in [9.17, 15) is 4.79 Å². The number of carbonyl (C=O) groups is 1. The van der Waals surface area contributed by atoms with Gasteiger partial charge in [0.2, 0.25) is 5.91 Å². The molecule has 0 bridgehead atoms. The summed E-state index contributed by atoms with van der Waals surface area (Å²) in [6.45, 7) is 2.14. The van der Waals surface area contributed by atoms with Crippen molar-refractivity contribution in [2.75, 3.05) is 19.6 Å². The molecule has 1 N–H and O–H groups in total. The van der Waals surface area contributed by atoms with Gasteiger partial charge in [-0.05, 0) is 49.4 Å². The van der Waals surface area contributed by atoms with Gasteiger partial charge in [0.25, 0.3) is 0 Å². The number of para-hydroxylation sites is 1. The van der Waals surface area contributed by atoms with Crippen LogP contribution in [0.1, 0.15) is 35.2 Å². The lowest BCUT2D eigenvalue weighted by molar-refractivity contribution is -0.123. The van der Waals surface area contributed by atoms with Crippen molar-refractivity contribution < 1.29 is 4.79 Å². The van der Waals surface area contributed by atoms with Crippen LogP contribution in [0, 0.1) is 0 Å². The van der Waals surface area contributed by atoms with E-state index < -0.39 is 0 Å². The lowest BCUT2D eigenvalue weighted by Crippen LogP contribution is -2.42. The van der Waals surface area contributed by atoms with Gasteiger partial charge in [0.1, 0.15) is 5.01 Å². The molecule has 2 aromatic heterocycles. The summed E-state index contributed by atoms with van der Waals surface area (Å²) in [6.07, 6.45) is 4.36. The Balaban J connectivity index is 1.38. The number of fused-ring (bicyclic) bond motifs is 1. The van der Waals surface area contributed by atoms with Gasteiger partial charge in [-0.3, -0.25) is 9.69 Å². The summed E-state index contributed by atoms with van der Waals surface area (Å²) in [4.78, 5) is 20.9. The van der Waals surface area contributed by atoms with Crippen LogP contribution in [0.15, 0.2) is 41.8 Å². The Morgan fingerprint density at radius 3 is 3.00 bits per heavy atom. The van der Waals surface area contributed by atoms with E-state index in [2.05, 4.69) is 45.9 Å². The molecule has 3 aromatic rings. The van der Waals surface area contributed by atoms with Gasteiger partial charge in [0.15, 0.2) is 0 Å². The van der Waals surface area contributed by atoms with Crippen LogP contribution in [0.2, 0.25) is 0 Å². The van der Waals surface area contributed by atoms with Gasteiger partial charge < -0.3 is 5.32 Å². The first-order valence-electron chi connectivity index (χ1n) is 9.18. The van der Waals surface area contributed by atoms with Crippen molar-refractivity contribution in [3.63, 3.8) is 0 Å². The molecular formula is C20H23N3OS2. The fraction of sp³-hybridized carbons (Fsp3) is 0.400. The van der Waals surface area contributed by atoms with Gasteiger partial charge in [-0.1, -0.05) is 24.6 Å². The highest BCUT2D eigenvalue weighted by Crippen LogP contribution is 2.35. The van der Waals surface area contributed by atoms with Crippen LogP contribution in [0.4, 0.5) is 0 Å². The number of benzene rings is 1. The summed E-state index contributed by atoms with van der Waals surface area (Å²) in [7, 11) is 0. The number of rotatable bonds is 6. The maximum absolute atomic E-state index is 12.4. The molecular weight excluding hydrogens is 362 g/mol. The summed E-state index contributed by atoms with van der Waals surface area (Å²) in [6, 6.07) is 12.7. The first-order chi connectivity index (χ1) is 12.8. The number of piperidine rings is 1. The van der Waals surface area contributed by atoms with E-state index in [1.807, 2.05) is 6.07 Å². The Morgan fingerprint density at radius 2 is 2.15 bits per heavy atom. The van der Waals surface area contributed by atoms with E-state index in [1.165, 1.54) is 16.0 Å². The van der Waals surface area contributed by atoms with Crippen LogP contribution in [0.3, 0.4) is 0 Å². The average molecular weight is 386 g/mol. The number of amides is 1. The Hall–Kier alpha value is -1.76. The van der Waals surface area contributed by atoms with E-state index in [-0.39, 0.29) is 11.9 Å². The minimum absolute atomic E-state index is 0.120. The summed E-state index contributed by atoms with van der Waals surface area (Å²) in [5.41, 5.74) is 1.07. The van der Waals surface area contributed by atoms with Crippen molar-refractivity contribution in [3.8, 4) is 0 Å². The summed E-state index contributed by atoms with van der Waals surface area (Å²) >= 11 is 3.51. The molecule has 26 heavy (non-hydrogen) atoms. The van der Waals surface area contributed by atoms with Crippen molar-refractivity contribution in [2.24, 2.45) is 0 Å². The molecule has 6 heteroatoms. The second-order valence-electron chi connectivity index (χ2n) is 6.68. The Kier molecular flexibility index (Phi) is 5.62. The highest BCUT2D eigenvalue weighted by atomic mass is 32.1. The van der Waals surface area contributed by atoms with Gasteiger partial charge >= 0.3 is 0 Å². The molecule has 1 aliphatic rings. The van der Waals surface area contributed by atoms with Crippen molar-refractivity contribution in [1.82, 2.24) is 15.2 Å². The van der Waals surface area contributed by atoms with Crippen LogP contribution in [0.25, 0.3) is 10.2 Å². The first-order valence-corrected chi connectivity index (χ1v) is 10.9. The predicted octanol–water partition coefficient (Wildman–Crippen LogP) is 4.24. The third-order valence-electron chi connectivity index (χ3n) is 4.83. The number of thiophene rings is 1. The monoisotopic (exact) mass is 385 g/mol. The van der Waals surface area contributed by atoms with Crippen LogP contribution in [0.5, 0.6) is 0 Å². The molecule has 0 saturated carbocycles. The molecule has 0 unspecified atom stereocenters. The van der Waals surface area contributed by atoms with Crippen molar-refractivity contribution >= 4 is 38.8 Å². The minimum Gasteiger partial charge on any atom is -0.355 e. The van der Waals surface area contributed by atoms with Crippen molar-refractivity contribution in [2.45, 2.75) is 31.7 Å². The van der Waals surface area contributed by atoms with E-state index in [0.29, 0.717) is 13.1 Å². The summed E-state index contributed by atoms with van der Waals surface area (Å²) < 4.78 is 1.23. The van der Waals surface area contributed by atoms with Gasteiger partial charge in [-0.2, -0.15) is 0 Å². The fourth-order valence-electron chi connectivity index (χ4n) is 3.51. The molecule has 0 spiro atoms. The minimum atomic E-state index is 0.120. The number of thiazole rings is 1. The quantitative estimate of drug-likeness (QED) is 0.690. The third kappa shape index (κ3) is 4.14. The molecule has 1 fully saturated rings. The van der Waals surface area contributed by atoms with Crippen LogP contribution >= 0.6 is 22.7 Å². The van der Waals surface area contributed by atoms with Gasteiger partial charge in [0.05, 0.1) is 22.8 Å². The standard InChI is InChI=1S/C20H23N3OS2/c24-19(21-11-10-15-6-5-13-25-15)14-23-12-4-3-8-17(23)20-22-16-7-1-2-9-18(16)26-20/h1-2,5-7,9,13,17H,3-4,8,10-12,14H2,(H,21,24)/t17-/m1/s1. The normalized spacial score (nSPS) is 18.2. The molecule has 1 saturated heterocycles. The maximum atomic E-state index is 12.4. The highest BCUT2D eigenvalue weighted by molar-refractivity contribution is 7.18. The number of nitrogens with one attached hydrogen (secondary N) is 1. The molecule has 4 rings (SSSR count). The largest absolute Gasteiger partial charge is 0.355 e. The number of hydrogen-bond acceptors (Lipinski definition) is 5. The zero-order chi connectivity index (χ0) is 17.8. The Morgan fingerprint density at radius 1 is 1.23 bits per heavy atom. The van der Waals surface area contributed by atoms with E-state index in [1.54, 1.807) is 22.7 Å². The predicted molar refractivity (Wildman–Crippen MR) is 109 cm³/mol. The average Bonchev–Trinajstić information content (AvgIpc) is 3.31. The number of likely N-dealkylation sites (tertiary alicyclic amines) is 1. The van der Waals surface area contributed by atoms with E-state index in [0.717, 1.165) is 36.3 Å². The van der Waals surface area contributed by atoms with Gasteiger partial charge in [0, 0.05) is 11.4 Å². The first kappa shape index (κ1) is 17.6. The number of aromatic nitrogens is 1. The molecule has 1 atom stereocenters. The molecule has 3 heterocycles.